The molecule has 0 atom stereocenters. The van der Waals surface area contributed by atoms with Crippen molar-refractivity contribution in [2.24, 2.45) is 0 Å². The number of aromatic nitrogens is 2. The third kappa shape index (κ3) is 4.76. The third-order valence-electron chi connectivity index (χ3n) is 4.65. The van der Waals surface area contributed by atoms with Gasteiger partial charge in [-0.2, -0.15) is 0 Å². The topological polar surface area (TPSA) is 69.0 Å². The van der Waals surface area contributed by atoms with E-state index in [1.807, 2.05) is 24.3 Å². The molecule has 0 saturated carbocycles. The van der Waals surface area contributed by atoms with Crippen LogP contribution in [-0.2, 0) is 27.6 Å². The van der Waals surface area contributed by atoms with E-state index in [0.717, 1.165) is 16.1 Å². The highest BCUT2D eigenvalue weighted by molar-refractivity contribution is 9.10. The van der Waals surface area contributed by atoms with Crippen molar-refractivity contribution in [3.63, 3.8) is 0 Å². The molecule has 0 N–H and O–H groups in total. The number of hydrogen-bond donors (Lipinski definition) is 0. The van der Waals surface area contributed by atoms with Crippen LogP contribution in [0.25, 0.3) is 10.9 Å². The van der Waals surface area contributed by atoms with E-state index in [1.54, 1.807) is 5.51 Å². The minimum absolute atomic E-state index is 0.0717. The molecule has 5 nitrogen and oxygen atoms in total. The first-order valence-corrected chi connectivity index (χ1v) is 12.4. The molecule has 0 aliphatic rings. The van der Waals surface area contributed by atoms with Crippen molar-refractivity contribution in [2.45, 2.75) is 17.9 Å². The van der Waals surface area contributed by atoms with E-state index >= 15 is 0 Å². The van der Waals surface area contributed by atoms with Crippen LogP contribution in [0.5, 0.6) is 0 Å². The number of Topliss-reactive ketones (excluding diaryl/α,β-unsaturated/α-hetero) is 1. The quantitative estimate of drug-likeness (QED) is 0.349. The normalized spacial score (nSPS) is 11.8. The Morgan fingerprint density at radius 1 is 1.19 bits per heavy atom. The van der Waals surface area contributed by atoms with Gasteiger partial charge in [0, 0.05) is 40.8 Å². The average molecular weight is 525 g/mol. The summed E-state index contributed by atoms with van der Waals surface area (Å²) in [5.41, 5.74) is 2.46. The number of rotatable bonds is 7. The summed E-state index contributed by atoms with van der Waals surface area (Å²) in [6.45, 7) is 0.198. The summed E-state index contributed by atoms with van der Waals surface area (Å²) in [4.78, 5) is 16.5. The highest BCUT2D eigenvalue weighted by Crippen LogP contribution is 2.31. The summed E-state index contributed by atoms with van der Waals surface area (Å²) in [5.74, 6) is -3.11. The molecule has 0 bridgehead atoms. The third-order valence-corrected chi connectivity index (χ3v) is 7.60. The lowest BCUT2D eigenvalue weighted by atomic mass is 10.2. The molecular weight excluding hydrogens is 510 g/mol. The molecule has 0 radical (unpaired) electrons. The number of thiazole rings is 1. The minimum Gasteiger partial charge on any atom is -0.342 e. The fraction of sp³-hybridized carbons (Fsp3) is 0.143. The Morgan fingerprint density at radius 2 is 2.00 bits per heavy atom. The van der Waals surface area contributed by atoms with Crippen LogP contribution in [0.2, 0.25) is 0 Å². The van der Waals surface area contributed by atoms with Gasteiger partial charge in [-0.1, -0.05) is 28.1 Å². The monoisotopic (exact) mass is 524 g/mol. The van der Waals surface area contributed by atoms with E-state index in [1.165, 1.54) is 28.3 Å². The molecule has 0 unspecified atom stereocenters. The zero-order valence-electron chi connectivity index (χ0n) is 15.9. The Kier molecular flexibility index (Phi) is 6.05. The second kappa shape index (κ2) is 8.60. The number of carbonyl (C=O) groups excluding carboxylic acids is 1. The number of halogens is 3. The van der Waals surface area contributed by atoms with Gasteiger partial charge < -0.3 is 4.57 Å². The molecule has 0 aliphatic carbocycles. The van der Waals surface area contributed by atoms with E-state index in [9.17, 15) is 22.0 Å². The fourth-order valence-corrected chi connectivity index (χ4v) is 5.92. The number of benzene rings is 2. The summed E-state index contributed by atoms with van der Waals surface area (Å²) >= 11 is 4.62. The van der Waals surface area contributed by atoms with Gasteiger partial charge in [0.2, 0.25) is 0 Å². The summed E-state index contributed by atoms with van der Waals surface area (Å²) in [5, 5.41) is -0.220. The maximum absolute atomic E-state index is 14.7. The van der Waals surface area contributed by atoms with Crippen LogP contribution in [0.15, 0.2) is 63.7 Å². The van der Waals surface area contributed by atoms with E-state index in [0.29, 0.717) is 10.9 Å². The van der Waals surface area contributed by atoms with Crippen molar-refractivity contribution in [3.8, 4) is 0 Å². The number of nitrogens with zero attached hydrogens (tertiary/aromatic N) is 2. The smallest absolute Gasteiger partial charge is 0.187 e. The minimum atomic E-state index is -4.16. The van der Waals surface area contributed by atoms with Gasteiger partial charge >= 0.3 is 0 Å². The molecule has 0 amide bonds. The Hall–Kier alpha value is -2.43. The summed E-state index contributed by atoms with van der Waals surface area (Å²) < 4.78 is 57.0. The lowest BCUT2D eigenvalue weighted by molar-refractivity contribution is -0.116. The molecule has 160 valence electrons. The summed E-state index contributed by atoms with van der Waals surface area (Å²) in [7, 11) is -4.16. The van der Waals surface area contributed by atoms with Crippen molar-refractivity contribution < 1.29 is 22.0 Å². The maximum Gasteiger partial charge on any atom is 0.187 e. The van der Waals surface area contributed by atoms with E-state index in [4.69, 9.17) is 0 Å². The molecule has 4 aromatic rings. The Morgan fingerprint density at radius 3 is 2.71 bits per heavy atom. The molecule has 4 rings (SSSR count). The second-order valence-corrected chi connectivity index (χ2v) is 10.8. The van der Waals surface area contributed by atoms with Gasteiger partial charge in [-0.15, -0.1) is 11.3 Å². The van der Waals surface area contributed by atoms with Crippen molar-refractivity contribution in [2.75, 3.05) is 5.75 Å². The first-order chi connectivity index (χ1) is 14.7. The second-order valence-electron chi connectivity index (χ2n) is 6.98. The van der Waals surface area contributed by atoms with Crippen LogP contribution in [0, 0.1) is 11.6 Å². The Labute approximate surface area is 189 Å². The molecule has 2 heterocycles. The Bertz CT molecular complexity index is 1380. The lowest BCUT2D eigenvalue weighted by Crippen LogP contribution is -2.17. The first-order valence-electron chi connectivity index (χ1n) is 9.07. The largest absolute Gasteiger partial charge is 0.342 e. The van der Waals surface area contributed by atoms with Crippen LogP contribution in [0.3, 0.4) is 0 Å². The standard InChI is InChI=1S/C21H15BrF2N2O3S2/c22-14-3-1-2-13(4-14)9-26-10-20(21-18(24)5-15(23)6-19(21)26)31(28,29)11-16(27)7-17-8-25-12-30-17/h1-6,8,10,12H,7,9,11H2. The van der Waals surface area contributed by atoms with Gasteiger partial charge in [0.1, 0.15) is 17.4 Å². The van der Waals surface area contributed by atoms with E-state index < -0.39 is 33.0 Å². The van der Waals surface area contributed by atoms with Crippen LogP contribution in [-0.4, -0.2) is 29.5 Å². The van der Waals surface area contributed by atoms with Gasteiger partial charge in [0.15, 0.2) is 15.6 Å². The molecule has 0 spiro atoms. The van der Waals surface area contributed by atoms with Crippen LogP contribution < -0.4 is 0 Å². The van der Waals surface area contributed by atoms with Crippen molar-refractivity contribution >= 4 is 53.8 Å². The van der Waals surface area contributed by atoms with Gasteiger partial charge in [-0.3, -0.25) is 9.78 Å². The molecule has 2 aromatic heterocycles. The highest BCUT2D eigenvalue weighted by atomic mass is 79.9. The summed E-state index contributed by atoms with van der Waals surface area (Å²) in [6, 6.07) is 9.02. The number of ketones is 1. The molecule has 2 aromatic carbocycles. The number of hydrogen-bond acceptors (Lipinski definition) is 5. The molecule has 31 heavy (non-hydrogen) atoms. The Balaban J connectivity index is 1.75. The lowest BCUT2D eigenvalue weighted by Gasteiger charge is -2.06. The van der Waals surface area contributed by atoms with Gasteiger partial charge in [0.05, 0.1) is 21.3 Å². The van der Waals surface area contributed by atoms with E-state index in [-0.39, 0.29) is 28.8 Å². The molecule has 10 heteroatoms. The van der Waals surface area contributed by atoms with E-state index in [2.05, 4.69) is 20.9 Å². The SMILES string of the molecule is O=C(Cc1cncs1)CS(=O)(=O)c1cn(Cc2cccc(Br)c2)c2cc(F)cc(F)c12. The fourth-order valence-electron chi connectivity index (χ4n) is 3.37. The zero-order chi connectivity index (χ0) is 22.2. The van der Waals surface area contributed by atoms with Crippen molar-refractivity contribution in [1.29, 1.82) is 0 Å². The van der Waals surface area contributed by atoms with Gasteiger partial charge in [0.25, 0.3) is 0 Å². The predicted molar refractivity (Wildman–Crippen MR) is 118 cm³/mol. The highest BCUT2D eigenvalue weighted by Gasteiger charge is 2.27. The predicted octanol–water partition coefficient (Wildman–Crippen LogP) is 4.77. The average Bonchev–Trinajstić information content (AvgIpc) is 3.30. The van der Waals surface area contributed by atoms with Crippen LogP contribution in [0.4, 0.5) is 8.78 Å². The molecule has 0 saturated heterocycles. The first kappa shape index (κ1) is 21.8. The molecule has 0 fully saturated rings. The van der Waals surface area contributed by atoms with Crippen molar-refractivity contribution in [1.82, 2.24) is 9.55 Å². The van der Waals surface area contributed by atoms with Crippen LogP contribution >= 0.6 is 27.3 Å². The molecule has 0 aliphatic heterocycles. The van der Waals surface area contributed by atoms with Gasteiger partial charge in [-0.25, -0.2) is 17.2 Å². The van der Waals surface area contributed by atoms with Crippen molar-refractivity contribution in [3.05, 3.63) is 80.9 Å². The zero-order valence-corrected chi connectivity index (χ0v) is 19.1. The number of fused-ring (bicyclic) bond motifs is 1. The maximum atomic E-state index is 14.7. The number of sulfone groups is 1. The summed E-state index contributed by atoms with van der Waals surface area (Å²) in [6.07, 6.45) is 2.70. The molecular formula is C21H15BrF2N2O3S2. The van der Waals surface area contributed by atoms with Gasteiger partial charge in [-0.05, 0) is 23.8 Å². The number of carbonyl (C=O) groups is 1. The van der Waals surface area contributed by atoms with Crippen LogP contribution in [0.1, 0.15) is 10.4 Å².